The molecule has 0 N–H and O–H groups in total. The minimum Gasteiger partial charge on any atom is -0.280 e. The standard InChI is InChI=1S/C21H15BrN6OS/c22-14-8-9-17-19(11-14)30-21(24-17)27(12-15-5-3-4-10-23-15)20(29)13-28-18-7-2-1-6-16(18)25-26-28/h1-11H,12-13H2. The van der Waals surface area contributed by atoms with Crippen LogP contribution in [0.5, 0.6) is 0 Å². The van der Waals surface area contributed by atoms with Gasteiger partial charge in [0.05, 0.1) is 28.0 Å². The summed E-state index contributed by atoms with van der Waals surface area (Å²) >= 11 is 4.97. The maximum absolute atomic E-state index is 13.4. The lowest BCUT2D eigenvalue weighted by Crippen LogP contribution is -2.34. The summed E-state index contributed by atoms with van der Waals surface area (Å²) in [5, 5.41) is 8.92. The van der Waals surface area contributed by atoms with E-state index in [9.17, 15) is 4.79 Å². The SMILES string of the molecule is O=C(Cn1nnc2ccccc21)N(Cc1ccccn1)c1nc2ccc(Br)cc2s1. The van der Waals surface area contributed by atoms with E-state index in [1.54, 1.807) is 15.8 Å². The van der Waals surface area contributed by atoms with E-state index in [4.69, 9.17) is 4.98 Å². The summed E-state index contributed by atoms with van der Waals surface area (Å²) in [4.78, 5) is 24.1. The number of nitrogens with zero attached hydrogens (tertiary/aromatic N) is 6. The predicted octanol–water partition coefficient (Wildman–Crippen LogP) is 4.43. The van der Waals surface area contributed by atoms with Crippen molar-refractivity contribution in [3.8, 4) is 0 Å². The topological polar surface area (TPSA) is 76.8 Å². The molecule has 9 heteroatoms. The molecule has 0 radical (unpaired) electrons. The van der Waals surface area contributed by atoms with Gasteiger partial charge in [-0.15, -0.1) is 5.10 Å². The largest absolute Gasteiger partial charge is 0.280 e. The number of carbonyl (C=O) groups is 1. The highest BCUT2D eigenvalue weighted by atomic mass is 79.9. The number of pyridine rings is 1. The van der Waals surface area contributed by atoms with E-state index >= 15 is 0 Å². The number of aromatic nitrogens is 5. The van der Waals surface area contributed by atoms with Crippen LogP contribution in [0.3, 0.4) is 0 Å². The molecule has 30 heavy (non-hydrogen) atoms. The van der Waals surface area contributed by atoms with Crippen LogP contribution in [0, 0.1) is 0 Å². The molecular formula is C21H15BrN6OS. The molecule has 3 heterocycles. The lowest BCUT2D eigenvalue weighted by Gasteiger charge is -2.19. The number of fused-ring (bicyclic) bond motifs is 2. The Hall–Kier alpha value is -3.17. The van der Waals surface area contributed by atoms with Gasteiger partial charge in [-0.1, -0.05) is 50.7 Å². The number of carbonyl (C=O) groups excluding carboxylic acids is 1. The number of halogens is 1. The van der Waals surface area contributed by atoms with Crippen LogP contribution in [-0.4, -0.2) is 30.9 Å². The van der Waals surface area contributed by atoms with Crippen molar-refractivity contribution in [2.75, 3.05) is 4.90 Å². The van der Waals surface area contributed by atoms with Gasteiger partial charge >= 0.3 is 0 Å². The zero-order valence-electron chi connectivity index (χ0n) is 15.6. The second-order valence-corrected chi connectivity index (χ2v) is 8.57. The molecule has 2 aromatic carbocycles. The molecule has 0 saturated heterocycles. The molecule has 0 aliphatic rings. The van der Waals surface area contributed by atoms with Crippen molar-refractivity contribution >= 4 is 59.6 Å². The zero-order chi connectivity index (χ0) is 20.5. The van der Waals surface area contributed by atoms with Crippen LogP contribution in [0.15, 0.2) is 71.3 Å². The van der Waals surface area contributed by atoms with Crippen LogP contribution < -0.4 is 4.90 Å². The Morgan fingerprint density at radius 3 is 2.80 bits per heavy atom. The molecule has 148 valence electrons. The molecule has 3 aromatic heterocycles. The van der Waals surface area contributed by atoms with E-state index in [0.717, 1.165) is 31.4 Å². The second-order valence-electron chi connectivity index (χ2n) is 6.65. The van der Waals surface area contributed by atoms with Crippen LogP contribution in [0.1, 0.15) is 5.69 Å². The van der Waals surface area contributed by atoms with Crippen LogP contribution in [0.25, 0.3) is 21.3 Å². The molecule has 0 unspecified atom stereocenters. The van der Waals surface area contributed by atoms with E-state index < -0.39 is 0 Å². The minimum absolute atomic E-state index is 0.0625. The van der Waals surface area contributed by atoms with E-state index in [2.05, 4.69) is 31.2 Å². The molecule has 0 saturated carbocycles. The molecule has 1 amide bonds. The number of rotatable bonds is 5. The first kappa shape index (κ1) is 18.8. The zero-order valence-corrected chi connectivity index (χ0v) is 18.0. The second kappa shape index (κ2) is 7.92. The average molecular weight is 479 g/mol. The smallest absolute Gasteiger partial charge is 0.250 e. The summed E-state index contributed by atoms with van der Waals surface area (Å²) in [6, 6.07) is 19.1. The van der Waals surface area contributed by atoms with Gasteiger partial charge in [0, 0.05) is 10.7 Å². The first-order valence-electron chi connectivity index (χ1n) is 9.22. The van der Waals surface area contributed by atoms with Crippen molar-refractivity contribution in [2.24, 2.45) is 0 Å². The fourth-order valence-corrected chi connectivity index (χ4v) is 4.70. The summed E-state index contributed by atoms with van der Waals surface area (Å²) < 4.78 is 3.60. The van der Waals surface area contributed by atoms with Crippen molar-refractivity contribution in [2.45, 2.75) is 13.1 Å². The Morgan fingerprint density at radius 2 is 1.93 bits per heavy atom. The maximum Gasteiger partial charge on any atom is 0.250 e. The average Bonchev–Trinajstić information content (AvgIpc) is 3.36. The molecule has 0 aliphatic carbocycles. The van der Waals surface area contributed by atoms with Crippen LogP contribution in [0.4, 0.5) is 5.13 Å². The third-order valence-corrected chi connectivity index (χ3v) is 6.16. The van der Waals surface area contributed by atoms with Crippen LogP contribution in [-0.2, 0) is 17.9 Å². The van der Waals surface area contributed by atoms with Gasteiger partial charge < -0.3 is 0 Å². The summed E-state index contributed by atoms with van der Waals surface area (Å²) in [5.74, 6) is -0.130. The molecule has 0 aliphatic heterocycles. The lowest BCUT2D eigenvalue weighted by atomic mass is 10.3. The lowest BCUT2D eigenvalue weighted by molar-refractivity contribution is -0.119. The quantitative estimate of drug-likeness (QED) is 0.373. The summed E-state index contributed by atoms with van der Waals surface area (Å²) in [6.45, 7) is 0.389. The normalized spacial score (nSPS) is 11.2. The molecule has 0 fully saturated rings. The van der Waals surface area contributed by atoms with Gasteiger partial charge in [-0.3, -0.25) is 14.7 Å². The summed E-state index contributed by atoms with van der Waals surface area (Å²) in [7, 11) is 0. The summed E-state index contributed by atoms with van der Waals surface area (Å²) in [6.07, 6.45) is 1.72. The van der Waals surface area contributed by atoms with Crippen molar-refractivity contribution in [1.29, 1.82) is 0 Å². The molecule has 0 bridgehead atoms. The first-order valence-corrected chi connectivity index (χ1v) is 10.8. The van der Waals surface area contributed by atoms with E-state index in [1.165, 1.54) is 11.3 Å². The molecule has 5 rings (SSSR count). The van der Waals surface area contributed by atoms with Gasteiger partial charge in [0.15, 0.2) is 5.13 Å². The van der Waals surface area contributed by atoms with Gasteiger partial charge in [0.25, 0.3) is 5.91 Å². The number of hydrogen-bond acceptors (Lipinski definition) is 6. The van der Waals surface area contributed by atoms with Crippen molar-refractivity contribution < 1.29 is 4.79 Å². The third-order valence-electron chi connectivity index (χ3n) is 4.62. The Labute approximate surface area is 184 Å². The number of amides is 1. The number of thiazole rings is 1. The Morgan fingerprint density at radius 1 is 1.07 bits per heavy atom. The fourth-order valence-electron chi connectivity index (χ4n) is 3.17. The Kier molecular flexibility index (Phi) is 4.97. The van der Waals surface area contributed by atoms with Gasteiger partial charge in [-0.2, -0.15) is 0 Å². The predicted molar refractivity (Wildman–Crippen MR) is 120 cm³/mol. The first-order chi connectivity index (χ1) is 14.7. The minimum atomic E-state index is -0.130. The van der Waals surface area contributed by atoms with Crippen LogP contribution in [0.2, 0.25) is 0 Å². The molecular weight excluding hydrogens is 464 g/mol. The van der Waals surface area contributed by atoms with E-state index in [0.29, 0.717) is 11.7 Å². The van der Waals surface area contributed by atoms with Gasteiger partial charge in [-0.25, -0.2) is 9.67 Å². The Balaban J connectivity index is 1.51. The molecule has 0 spiro atoms. The van der Waals surface area contributed by atoms with E-state index in [1.807, 2.05) is 60.7 Å². The number of anilines is 1. The highest BCUT2D eigenvalue weighted by Gasteiger charge is 2.22. The summed E-state index contributed by atoms with van der Waals surface area (Å²) in [5.41, 5.74) is 3.21. The molecule has 0 atom stereocenters. The highest BCUT2D eigenvalue weighted by molar-refractivity contribution is 9.10. The molecule has 7 nitrogen and oxygen atoms in total. The van der Waals surface area contributed by atoms with Crippen LogP contribution >= 0.6 is 27.3 Å². The van der Waals surface area contributed by atoms with Crippen molar-refractivity contribution in [1.82, 2.24) is 25.0 Å². The fraction of sp³-hybridized carbons (Fsp3) is 0.0952. The van der Waals surface area contributed by atoms with Crippen molar-refractivity contribution in [3.63, 3.8) is 0 Å². The maximum atomic E-state index is 13.4. The monoisotopic (exact) mass is 478 g/mol. The van der Waals surface area contributed by atoms with Gasteiger partial charge in [0.1, 0.15) is 12.1 Å². The number of para-hydroxylation sites is 1. The van der Waals surface area contributed by atoms with Gasteiger partial charge in [0.2, 0.25) is 0 Å². The molecule has 5 aromatic rings. The van der Waals surface area contributed by atoms with Gasteiger partial charge in [-0.05, 0) is 42.5 Å². The number of benzene rings is 2. The number of hydrogen-bond donors (Lipinski definition) is 0. The van der Waals surface area contributed by atoms with Crippen molar-refractivity contribution in [3.05, 3.63) is 77.0 Å². The highest BCUT2D eigenvalue weighted by Crippen LogP contribution is 2.31. The third kappa shape index (κ3) is 3.69. The van der Waals surface area contributed by atoms with E-state index in [-0.39, 0.29) is 12.5 Å². The Bertz CT molecular complexity index is 1350.